The first-order valence-corrected chi connectivity index (χ1v) is 8.66. The van der Waals surface area contributed by atoms with Crippen molar-refractivity contribution in [3.63, 3.8) is 0 Å². The third kappa shape index (κ3) is 5.29. The van der Waals surface area contributed by atoms with Gasteiger partial charge < -0.3 is 21.1 Å². The fourth-order valence-electron chi connectivity index (χ4n) is 2.21. The Labute approximate surface area is 163 Å². The third-order valence-corrected chi connectivity index (χ3v) is 3.92. The number of ether oxygens (including phenoxy) is 1. The third-order valence-electron chi connectivity index (χ3n) is 3.43. The number of halogens is 1. The summed E-state index contributed by atoms with van der Waals surface area (Å²) in [6.07, 6.45) is 1.44. The van der Waals surface area contributed by atoms with Gasteiger partial charge in [-0.15, -0.1) is 0 Å². The Morgan fingerprint density at radius 1 is 0.963 bits per heavy atom. The molecule has 1 heterocycles. The Balaban J connectivity index is 1.62. The summed E-state index contributed by atoms with van der Waals surface area (Å²) in [6.45, 7) is 0. The number of nitrogens with zero attached hydrogens (tertiary/aromatic N) is 1. The van der Waals surface area contributed by atoms with Crippen LogP contribution in [-0.2, 0) is 0 Å². The lowest BCUT2D eigenvalue weighted by atomic mass is 10.2. The summed E-state index contributed by atoms with van der Waals surface area (Å²) in [5, 5.41) is 5.19. The van der Waals surface area contributed by atoms with E-state index in [0.29, 0.717) is 28.6 Å². The van der Waals surface area contributed by atoms with Gasteiger partial charge in [0.2, 0.25) is 5.88 Å². The van der Waals surface area contributed by atoms with Crippen LogP contribution in [0.3, 0.4) is 0 Å². The van der Waals surface area contributed by atoms with Crippen molar-refractivity contribution in [2.24, 2.45) is 5.73 Å². The monoisotopic (exact) mass is 426 g/mol. The van der Waals surface area contributed by atoms with Gasteiger partial charge in [-0.05, 0) is 48.5 Å². The van der Waals surface area contributed by atoms with Gasteiger partial charge in [-0.25, -0.2) is 9.78 Å². The Morgan fingerprint density at radius 3 is 2.26 bits per heavy atom. The van der Waals surface area contributed by atoms with Gasteiger partial charge in [-0.2, -0.15) is 0 Å². The average molecular weight is 427 g/mol. The van der Waals surface area contributed by atoms with Crippen LogP contribution in [0.5, 0.6) is 11.6 Å². The summed E-state index contributed by atoms with van der Waals surface area (Å²) in [5.41, 5.74) is 6.54. The number of nitrogens with one attached hydrogen (secondary N) is 2. The first kappa shape index (κ1) is 18.4. The highest BCUT2D eigenvalue weighted by atomic mass is 79.9. The molecule has 1 aromatic heterocycles. The number of amides is 3. The van der Waals surface area contributed by atoms with Gasteiger partial charge in [0.1, 0.15) is 5.75 Å². The van der Waals surface area contributed by atoms with Crippen LogP contribution in [0, 0.1) is 0 Å². The lowest BCUT2D eigenvalue weighted by Gasteiger charge is -2.08. The molecule has 2 aromatic carbocycles. The van der Waals surface area contributed by atoms with Crippen LogP contribution in [0.4, 0.5) is 16.2 Å². The SMILES string of the molecule is NC(=O)Nc1ccc(NC(=O)c2ccc(Oc3cccc(Br)c3)nc2)cc1. The molecule has 8 heteroatoms. The summed E-state index contributed by atoms with van der Waals surface area (Å²) in [4.78, 5) is 27.3. The van der Waals surface area contributed by atoms with Gasteiger partial charge in [0.25, 0.3) is 5.91 Å². The summed E-state index contributed by atoms with van der Waals surface area (Å²) < 4.78 is 6.54. The molecule has 7 nitrogen and oxygen atoms in total. The van der Waals surface area contributed by atoms with Gasteiger partial charge in [0.15, 0.2) is 0 Å². The van der Waals surface area contributed by atoms with E-state index < -0.39 is 6.03 Å². The highest BCUT2D eigenvalue weighted by Crippen LogP contribution is 2.23. The number of carbonyl (C=O) groups excluding carboxylic acids is 2. The van der Waals surface area contributed by atoms with Crippen LogP contribution in [0.25, 0.3) is 0 Å². The molecular formula is C19H15BrN4O3. The summed E-state index contributed by atoms with van der Waals surface area (Å²) in [7, 11) is 0. The quantitative estimate of drug-likeness (QED) is 0.562. The fraction of sp³-hybridized carbons (Fsp3) is 0. The molecular weight excluding hydrogens is 412 g/mol. The zero-order valence-corrected chi connectivity index (χ0v) is 15.6. The second-order valence-electron chi connectivity index (χ2n) is 5.47. The minimum Gasteiger partial charge on any atom is -0.439 e. The topological polar surface area (TPSA) is 106 Å². The molecule has 0 saturated heterocycles. The van der Waals surface area contributed by atoms with Crippen LogP contribution < -0.4 is 21.1 Å². The molecule has 0 saturated carbocycles. The van der Waals surface area contributed by atoms with Crippen LogP contribution in [0.15, 0.2) is 71.3 Å². The normalized spacial score (nSPS) is 10.1. The first-order chi connectivity index (χ1) is 13.0. The van der Waals surface area contributed by atoms with Crippen molar-refractivity contribution >= 4 is 39.2 Å². The van der Waals surface area contributed by atoms with Gasteiger partial charge >= 0.3 is 6.03 Å². The lowest BCUT2D eigenvalue weighted by Crippen LogP contribution is -2.19. The minimum atomic E-state index is -0.650. The molecule has 3 rings (SSSR count). The maximum atomic E-state index is 12.3. The number of primary amides is 1. The Kier molecular flexibility index (Phi) is 5.68. The Hall–Kier alpha value is -3.39. The van der Waals surface area contributed by atoms with E-state index >= 15 is 0 Å². The molecule has 0 aliphatic carbocycles. The van der Waals surface area contributed by atoms with Crippen molar-refractivity contribution in [1.29, 1.82) is 0 Å². The molecule has 0 spiro atoms. The number of carbonyl (C=O) groups is 2. The molecule has 0 unspecified atom stereocenters. The second kappa shape index (κ2) is 8.33. The van der Waals surface area contributed by atoms with E-state index in [4.69, 9.17) is 10.5 Å². The largest absolute Gasteiger partial charge is 0.439 e. The maximum Gasteiger partial charge on any atom is 0.316 e. The van der Waals surface area contributed by atoms with E-state index in [1.807, 2.05) is 24.3 Å². The molecule has 0 aliphatic rings. The average Bonchev–Trinajstić information content (AvgIpc) is 2.63. The number of benzene rings is 2. The number of aromatic nitrogens is 1. The van der Waals surface area contributed by atoms with Crippen molar-refractivity contribution in [3.8, 4) is 11.6 Å². The molecule has 0 aliphatic heterocycles. The standard InChI is InChI=1S/C19H15BrN4O3/c20-13-2-1-3-16(10-13)27-17-9-4-12(11-22-17)18(25)23-14-5-7-15(8-6-14)24-19(21)26/h1-11H,(H,23,25)(H3,21,24,26). The van der Waals surface area contributed by atoms with Crippen molar-refractivity contribution in [2.75, 3.05) is 10.6 Å². The molecule has 0 atom stereocenters. The smallest absolute Gasteiger partial charge is 0.316 e. The number of hydrogen-bond acceptors (Lipinski definition) is 4. The van der Waals surface area contributed by atoms with Crippen molar-refractivity contribution in [1.82, 2.24) is 4.98 Å². The summed E-state index contributed by atoms with van der Waals surface area (Å²) >= 11 is 3.37. The van der Waals surface area contributed by atoms with Crippen LogP contribution in [0.2, 0.25) is 0 Å². The number of pyridine rings is 1. The van der Waals surface area contributed by atoms with Gasteiger partial charge in [-0.1, -0.05) is 22.0 Å². The van der Waals surface area contributed by atoms with Crippen LogP contribution in [0.1, 0.15) is 10.4 Å². The molecule has 4 N–H and O–H groups in total. The highest BCUT2D eigenvalue weighted by molar-refractivity contribution is 9.10. The molecule has 3 aromatic rings. The molecule has 0 radical (unpaired) electrons. The van der Waals surface area contributed by atoms with E-state index in [9.17, 15) is 9.59 Å². The van der Waals surface area contributed by atoms with Crippen molar-refractivity contribution in [2.45, 2.75) is 0 Å². The number of urea groups is 1. The van der Waals surface area contributed by atoms with E-state index in [-0.39, 0.29) is 5.91 Å². The Morgan fingerprint density at radius 2 is 1.67 bits per heavy atom. The van der Waals surface area contributed by atoms with Crippen LogP contribution in [-0.4, -0.2) is 16.9 Å². The predicted octanol–water partition coefficient (Wildman–Crippen LogP) is 4.38. The molecule has 0 fully saturated rings. The molecule has 3 amide bonds. The molecule has 0 bridgehead atoms. The van der Waals surface area contributed by atoms with Crippen LogP contribution >= 0.6 is 15.9 Å². The van der Waals surface area contributed by atoms with E-state index in [2.05, 4.69) is 31.5 Å². The van der Waals surface area contributed by atoms with Gasteiger partial charge in [0.05, 0.1) is 5.56 Å². The molecule has 136 valence electrons. The summed E-state index contributed by atoms with van der Waals surface area (Å²) in [6, 6.07) is 16.5. The highest BCUT2D eigenvalue weighted by Gasteiger charge is 2.08. The number of rotatable bonds is 5. The van der Waals surface area contributed by atoms with E-state index in [1.165, 1.54) is 6.20 Å². The first-order valence-electron chi connectivity index (χ1n) is 7.87. The molecule has 27 heavy (non-hydrogen) atoms. The van der Waals surface area contributed by atoms with Gasteiger partial charge in [0, 0.05) is 28.1 Å². The number of nitrogens with two attached hydrogens (primary N) is 1. The number of hydrogen-bond donors (Lipinski definition) is 3. The number of anilines is 2. The maximum absolute atomic E-state index is 12.3. The predicted molar refractivity (Wildman–Crippen MR) is 106 cm³/mol. The zero-order valence-electron chi connectivity index (χ0n) is 14.0. The van der Waals surface area contributed by atoms with Crippen molar-refractivity contribution in [3.05, 3.63) is 76.9 Å². The van der Waals surface area contributed by atoms with Gasteiger partial charge in [-0.3, -0.25) is 4.79 Å². The second-order valence-corrected chi connectivity index (χ2v) is 6.38. The summed E-state index contributed by atoms with van der Waals surface area (Å²) in [5.74, 6) is 0.706. The lowest BCUT2D eigenvalue weighted by molar-refractivity contribution is 0.102. The minimum absolute atomic E-state index is 0.313. The van der Waals surface area contributed by atoms with E-state index in [1.54, 1.807) is 36.4 Å². The van der Waals surface area contributed by atoms with Crippen molar-refractivity contribution < 1.29 is 14.3 Å². The Bertz CT molecular complexity index is 959. The fourth-order valence-corrected chi connectivity index (χ4v) is 2.59. The van der Waals surface area contributed by atoms with E-state index in [0.717, 1.165) is 4.47 Å². The zero-order chi connectivity index (χ0) is 19.2.